The first-order chi connectivity index (χ1) is 7.80. The zero-order chi connectivity index (χ0) is 13.1. The van der Waals surface area contributed by atoms with E-state index in [0.717, 1.165) is 0 Å². The Morgan fingerprint density at radius 2 is 2.18 bits per heavy atom. The van der Waals surface area contributed by atoms with Crippen LogP contribution in [0.2, 0.25) is 0 Å². The second-order valence-electron chi connectivity index (χ2n) is 4.95. The van der Waals surface area contributed by atoms with Crippen molar-refractivity contribution >= 4 is 12.0 Å². The van der Waals surface area contributed by atoms with Crippen LogP contribution in [0.4, 0.5) is 4.79 Å². The molecule has 3 N–H and O–H groups in total. The summed E-state index contributed by atoms with van der Waals surface area (Å²) in [6, 6.07) is -0.412. The number of carboxylic acid groups (broad SMARTS) is 1. The van der Waals surface area contributed by atoms with Crippen molar-refractivity contribution in [1.29, 1.82) is 0 Å². The van der Waals surface area contributed by atoms with E-state index >= 15 is 0 Å². The maximum absolute atomic E-state index is 11.7. The smallest absolute Gasteiger partial charge is 0.317 e. The Morgan fingerprint density at radius 3 is 2.65 bits per heavy atom. The van der Waals surface area contributed by atoms with E-state index in [0.29, 0.717) is 25.9 Å². The second-order valence-corrected chi connectivity index (χ2v) is 4.95. The standard InChI is InChI=1S/C11H20N2O4/c1-8(3-4-9(14)15)12-10(16)13-6-5-11(2,17)7-13/h8,17H,3-7H2,1-2H3,(H,12,16)(H,14,15). The van der Waals surface area contributed by atoms with Gasteiger partial charge in [-0.15, -0.1) is 0 Å². The molecule has 1 rings (SSSR count). The summed E-state index contributed by atoms with van der Waals surface area (Å²) in [6.07, 6.45) is 1.02. The van der Waals surface area contributed by atoms with Crippen molar-refractivity contribution in [2.75, 3.05) is 13.1 Å². The van der Waals surface area contributed by atoms with Gasteiger partial charge >= 0.3 is 12.0 Å². The van der Waals surface area contributed by atoms with E-state index < -0.39 is 11.6 Å². The normalized spacial score (nSPS) is 25.7. The molecule has 0 radical (unpaired) electrons. The maximum atomic E-state index is 11.7. The van der Waals surface area contributed by atoms with Crippen molar-refractivity contribution in [3.63, 3.8) is 0 Å². The van der Waals surface area contributed by atoms with Crippen LogP contribution in [-0.4, -0.2) is 51.8 Å². The van der Waals surface area contributed by atoms with Crippen LogP contribution in [0, 0.1) is 0 Å². The molecule has 1 aliphatic rings. The summed E-state index contributed by atoms with van der Waals surface area (Å²) in [5, 5.41) is 21.0. The molecule has 98 valence electrons. The highest BCUT2D eigenvalue weighted by atomic mass is 16.4. The molecule has 1 aliphatic heterocycles. The van der Waals surface area contributed by atoms with Crippen molar-refractivity contribution in [3.8, 4) is 0 Å². The summed E-state index contributed by atoms with van der Waals surface area (Å²) in [7, 11) is 0. The number of hydrogen-bond donors (Lipinski definition) is 3. The number of carbonyl (C=O) groups is 2. The average molecular weight is 244 g/mol. The highest BCUT2D eigenvalue weighted by molar-refractivity contribution is 5.75. The molecule has 0 aliphatic carbocycles. The van der Waals surface area contributed by atoms with Gasteiger partial charge in [0.1, 0.15) is 0 Å². The molecule has 6 heteroatoms. The number of β-amino-alcohol motifs (C(OH)–C–C–N with tert-alkyl or cyclic N) is 1. The SMILES string of the molecule is CC(CCC(=O)O)NC(=O)N1CCC(C)(O)C1. The summed E-state index contributed by atoms with van der Waals surface area (Å²) in [4.78, 5) is 23.7. The lowest BCUT2D eigenvalue weighted by atomic mass is 10.1. The molecule has 1 saturated heterocycles. The van der Waals surface area contributed by atoms with Gasteiger partial charge in [-0.1, -0.05) is 0 Å². The van der Waals surface area contributed by atoms with Crippen molar-refractivity contribution in [2.24, 2.45) is 0 Å². The van der Waals surface area contributed by atoms with E-state index in [-0.39, 0.29) is 18.5 Å². The highest BCUT2D eigenvalue weighted by Crippen LogP contribution is 2.20. The number of aliphatic carboxylic acids is 1. The summed E-state index contributed by atoms with van der Waals surface area (Å²) in [5.74, 6) is -0.866. The molecule has 1 heterocycles. The number of carbonyl (C=O) groups excluding carboxylic acids is 1. The summed E-state index contributed by atoms with van der Waals surface area (Å²) in [6.45, 7) is 4.33. The number of likely N-dealkylation sites (tertiary alicyclic amines) is 1. The van der Waals surface area contributed by atoms with Gasteiger partial charge in [-0.2, -0.15) is 0 Å². The van der Waals surface area contributed by atoms with Gasteiger partial charge in [0.05, 0.1) is 12.1 Å². The van der Waals surface area contributed by atoms with E-state index in [1.54, 1.807) is 18.7 Å². The van der Waals surface area contributed by atoms with Crippen LogP contribution in [-0.2, 0) is 4.79 Å². The number of carboxylic acids is 1. The first kappa shape index (κ1) is 13.8. The van der Waals surface area contributed by atoms with Gasteiger partial charge in [0.25, 0.3) is 0 Å². The number of rotatable bonds is 4. The molecule has 0 spiro atoms. The summed E-state index contributed by atoms with van der Waals surface area (Å²) < 4.78 is 0. The fraction of sp³-hybridized carbons (Fsp3) is 0.818. The number of nitrogens with zero attached hydrogens (tertiary/aromatic N) is 1. The Balaban J connectivity index is 2.32. The summed E-state index contributed by atoms with van der Waals surface area (Å²) >= 11 is 0. The molecule has 2 amide bonds. The van der Waals surface area contributed by atoms with E-state index in [1.807, 2.05) is 0 Å². The minimum Gasteiger partial charge on any atom is -0.481 e. The number of nitrogens with one attached hydrogen (secondary N) is 1. The molecule has 0 aromatic carbocycles. The quantitative estimate of drug-likeness (QED) is 0.668. The molecule has 1 fully saturated rings. The Kier molecular flexibility index (Phi) is 4.34. The third kappa shape index (κ3) is 4.60. The number of aliphatic hydroxyl groups is 1. The molecule has 17 heavy (non-hydrogen) atoms. The Hall–Kier alpha value is -1.30. The van der Waals surface area contributed by atoms with Gasteiger partial charge in [-0.05, 0) is 26.7 Å². The van der Waals surface area contributed by atoms with Gasteiger partial charge in [-0.25, -0.2) is 4.79 Å². The van der Waals surface area contributed by atoms with Crippen molar-refractivity contribution < 1.29 is 19.8 Å². The average Bonchev–Trinajstić information content (AvgIpc) is 2.56. The van der Waals surface area contributed by atoms with Crippen LogP contribution >= 0.6 is 0 Å². The third-order valence-corrected chi connectivity index (χ3v) is 2.90. The zero-order valence-corrected chi connectivity index (χ0v) is 10.3. The Morgan fingerprint density at radius 1 is 1.53 bits per heavy atom. The minimum atomic E-state index is -0.866. The van der Waals surface area contributed by atoms with Gasteiger partial charge in [0, 0.05) is 19.0 Å². The third-order valence-electron chi connectivity index (χ3n) is 2.90. The van der Waals surface area contributed by atoms with Crippen LogP contribution in [0.25, 0.3) is 0 Å². The lowest BCUT2D eigenvalue weighted by molar-refractivity contribution is -0.137. The molecular formula is C11H20N2O4. The second kappa shape index (κ2) is 5.35. The van der Waals surface area contributed by atoms with Crippen molar-refractivity contribution in [2.45, 2.75) is 44.8 Å². The largest absolute Gasteiger partial charge is 0.481 e. The van der Waals surface area contributed by atoms with Crippen molar-refractivity contribution in [1.82, 2.24) is 10.2 Å². The van der Waals surface area contributed by atoms with E-state index in [1.165, 1.54) is 0 Å². The molecule has 0 bridgehead atoms. The highest BCUT2D eigenvalue weighted by Gasteiger charge is 2.34. The van der Waals surface area contributed by atoms with Gasteiger partial charge in [0.2, 0.25) is 0 Å². The van der Waals surface area contributed by atoms with Crippen LogP contribution in [0.3, 0.4) is 0 Å². The molecule has 0 aromatic rings. The fourth-order valence-electron chi connectivity index (χ4n) is 1.83. The van der Waals surface area contributed by atoms with Crippen LogP contribution in [0.15, 0.2) is 0 Å². The summed E-state index contributed by atoms with van der Waals surface area (Å²) in [5.41, 5.74) is -0.804. The topological polar surface area (TPSA) is 89.9 Å². The van der Waals surface area contributed by atoms with E-state index in [2.05, 4.69) is 5.32 Å². The van der Waals surface area contributed by atoms with Gasteiger partial charge in [0.15, 0.2) is 0 Å². The zero-order valence-electron chi connectivity index (χ0n) is 10.3. The molecule has 2 atom stereocenters. The first-order valence-corrected chi connectivity index (χ1v) is 5.80. The van der Waals surface area contributed by atoms with Crippen LogP contribution < -0.4 is 5.32 Å². The fourth-order valence-corrected chi connectivity index (χ4v) is 1.83. The molecular weight excluding hydrogens is 224 g/mol. The first-order valence-electron chi connectivity index (χ1n) is 5.80. The predicted molar refractivity (Wildman–Crippen MR) is 61.7 cm³/mol. The molecule has 0 aromatic heterocycles. The lowest BCUT2D eigenvalue weighted by Crippen LogP contribution is -2.44. The molecule has 0 saturated carbocycles. The van der Waals surface area contributed by atoms with Crippen LogP contribution in [0.1, 0.15) is 33.1 Å². The Bertz CT molecular complexity index is 304. The van der Waals surface area contributed by atoms with Crippen molar-refractivity contribution in [3.05, 3.63) is 0 Å². The Labute approximate surface area is 101 Å². The van der Waals surface area contributed by atoms with Gasteiger partial charge < -0.3 is 20.4 Å². The predicted octanol–water partition coefficient (Wildman–Crippen LogP) is 0.406. The van der Waals surface area contributed by atoms with Gasteiger partial charge in [-0.3, -0.25) is 4.79 Å². The lowest BCUT2D eigenvalue weighted by Gasteiger charge is -2.22. The molecule has 2 unspecified atom stereocenters. The number of amides is 2. The number of hydrogen-bond acceptors (Lipinski definition) is 3. The minimum absolute atomic E-state index is 0.0408. The molecule has 6 nitrogen and oxygen atoms in total. The van der Waals surface area contributed by atoms with E-state index in [9.17, 15) is 14.7 Å². The van der Waals surface area contributed by atoms with E-state index in [4.69, 9.17) is 5.11 Å². The maximum Gasteiger partial charge on any atom is 0.317 e. The van der Waals surface area contributed by atoms with Crippen LogP contribution in [0.5, 0.6) is 0 Å². The number of urea groups is 1. The monoisotopic (exact) mass is 244 g/mol.